The van der Waals surface area contributed by atoms with Crippen LogP contribution in [0.2, 0.25) is 0 Å². The van der Waals surface area contributed by atoms with Crippen LogP contribution in [-0.4, -0.2) is 37.1 Å². The molecule has 0 atom stereocenters. The van der Waals surface area contributed by atoms with E-state index in [2.05, 4.69) is 15.2 Å². The van der Waals surface area contributed by atoms with Gasteiger partial charge in [0.25, 0.3) is 5.91 Å². The smallest absolute Gasteiger partial charge is 0.255 e. The summed E-state index contributed by atoms with van der Waals surface area (Å²) < 4.78 is 5.64. The molecule has 1 aliphatic heterocycles. The van der Waals surface area contributed by atoms with Crippen LogP contribution in [0.4, 0.5) is 5.82 Å². The van der Waals surface area contributed by atoms with E-state index in [1.807, 2.05) is 37.3 Å². The van der Waals surface area contributed by atoms with Gasteiger partial charge in [0, 0.05) is 19.3 Å². The van der Waals surface area contributed by atoms with E-state index < -0.39 is 0 Å². The Kier molecular flexibility index (Phi) is 5.31. The molecule has 1 saturated heterocycles. The van der Waals surface area contributed by atoms with Crippen LogP contribution in [0.15, 0.2) is 42.6 Å². The predicted molar refractivity (Wildman–Crippen MR) is 94.7 cm³/mol. The van der Waals surface area contributed by atoms with E-state index in [4.69, 9.17) is 4.74 Å². The first kappa shape index (κ1) is 16.3. The number of benzene rings is 1. The first-order valence-corrected chi connectivity index (χ1v) is 8.42. The summed E-state index contributed by atoms with van der Waals surface area (Å²) in [5.74, 6) is 1.50. The number of carbonyl (C=O) groups is 1. The van der Waals surface area contributed by atoms with Crippen molar-refractivity contribution in [2.75, 3.05) is 31.1 Å². The van der Waals surface area contributed by atoms with Gasteiger partial charge in [0.15, 0.2) is 0 Å². The molecule has 0 spiro atoms. The van der Waals surface area contributed by atoms with Crippen molar-refractivity contribution >= 4 is 11.7 Å². The molecule has 1 N–H and O–H groups in total. The molecule has 1 aromatic heterocycles. The van der Waals surface area contributed by atoms with E-state index in [1.165, 1.54) is 5.56 Å². The molecule has 1 aromatic carbocycles. The zero-order valence-corrected chi connectivity index (χ0v) is 14.0. The van der Waals surface area contributed by atoms with Crippen molar-refractivity contribution in [2.45, 2.75) is 19.8 Å². The second-order valence-corrected chi connectivity index (χ2v) is 5.99. The molecule has 5 heteroatoms. The van der Waals surface area contributed by atoms with Crippen molar-refractivity contribution in [3.05, 3.63) is 53.7 Å². The molecule has 126 valence electrons. The van der Waals surface area contributed by atoms with Crippen molar-refractivity contribution in [2.24, 2.45) is 0 Å². The Balaban J connectivity index is 1.52. The van der Waals surface area contributed by atoms with Crippen LogP contribution in [0, 0.1) is 6.92 Å². The molecule has 1 fully saturated rings. The maximum absolute atomic E-state index is 12.4. The molecule has 1 amide bonds. The first-order valence-electron chi connectivity index (χ1n) is 8.42. The first-order chi connectivity index (χ1) is 11.7. The fourth-order valence-electron chi connectivity index (χ4n) is 2.82. The molecule has 0 aliphatic carbocycles. The van der Waals surface area contributed by atoms with Gasteiger partial charge in [-0.1, -0.05) is 17.7 Å². The summed E-state index contributed by atoms with van der Waals surface area (Å²) in [4.78, 5) is 19.0. The molecule has 24 heavy (non-hydrogen) atoms. The summed E-state index contributed by atoms with van der Waals surface area (Å²) >= 11 is 0. The standard InChI is InChI=1S/C19H23N3O2/c1-15-6-8-16(9-7-15)24-14-11-21-19(23)17-5-4-10-20-18(17)22-12-2-3-13-22/h4-10H,2-3,11-14H2,1H3,(H,21,23). The number of nitrogens with one attached hydrogen (secondary N) is 1. The SMILES string of the molecule is Cc1ccc(OCCNC(=O)c2cccnc2N2CCCC2)cc1. The monoisotopic (exact) mass is 325 g/mol. The number of pyridine rings is 1. The lowest BCUT2D eigenvalue weighted by atomic mass is 10.2. The van der Waals surface area contributed by atoms with Gasteiger partial charge in [-0.05, 0) is 44.0 Å². The fourth-order valence-corrected chi connectivity index (χ4v) is 2.82. The van der Waals surface area contributed by atoms with Crippen LogP contribution in [0.25, 0.3) is 0 Å². The normalized spacial score (nSPS) is 13.8. The van der Waals surface area contributed by atoms with Gasteiger partial charge in [0.05, 0.1) is 12.1 Å². The molecular weight excluding hydrogens is 302 g/mol. The largest absolute Gasteiger partial charge is 0.492 e. The third kappa shape index (κ3) is 4.04. The average molecular weight is 325 g/mol. The van der Waals surface area contributed by atoms with Gasteiger partial charge in [-0.15, -0.1) is 0 Å². The van der Waals surface area contributed by atoms with E-state index >= 15 is 0 Å². The third-order valence-corrected chi connectivity index (χ3v) is 4.11. The highest BCUT2D eigenvalue weighted by Gasteiger charge is 2.20. The minimum Gasteiger partial charge on any atom is -0.492 e. The Bertz CT molecular complexity index is 679. The lowest BCUT2D eigenvalue weighted by molar-refractivity contribution is 0.0947. The number of nitrogens with zero attached hydrogens (tertiary/aromatic N) is 2. The Morgan fingerprint density at radius 1 is 1.21 bits per heavy atom. The summed E-state index contributed by atoms with van der Waals surface area (Å²) in [6.45, 7) is 4.87. The lowest BCUT2D eigenvalue weighted by Crippen LogP contribution is -2.30. The van der Waals surface area contributed by atoms with Crippen molar-refractivity contribution < 1.29 is 9.53 Å². The second kappa shape index (κ2) is 7.81. The van der Waals surface area contributed by atoms with Crippen LogP contribution in [0.5, 0.6) is 5.75 Å². The Morgan fingerprint density at radius 2 is 1.96 bits per heavy atom. The zero-order chi connectivity index (χ0) is 16.8. The van der Waals surface area contributed by atoms with E-state index in [9.17, 15) is 4.79 Å². The molecule has 2 aromatic rings. The van der Waals surface area contributed by atoms with E-state index in [1.54, 1.807) is 12.3 Å². The van der Waals surface area contributed by atoms with Gasteiger partial charge in [0.2, 0.25) is 0 Å². The number of hydrogen-bond donors (Lipinski definition) is 1. The van der Waals surface area contributed by atoms with Gasteiger partial charge in [-0.2, -0.15) is 0 Å². The molecule has 2 heterocycles. The fraction of sp³-hybridized carbons (Fsp3) is 0.368. The van der Waals surface area contributed by atoms with E-state index in [0.29, 0.717) is 18.7 Å². The van der Waals surface area contributed by atoms with Crippen LogP contribution in [0.1, 0.15) is 28.8 Å². The highest BCUT2D eigenvalue weighted by molar-refractivity contribution is 5.98. The topological polar surface area (TPSA) is 54.5 Å². The van der Waals surface area contributed by atoms with Crippen LogP contribution in [-0.2, 0) is 0 Å². The number of amides is 1. The minimum atomic E-state index is -0.0995. The van der Waals surface area contributed by atoms with Crippen LogP contribution < -0.4 is 15.0 Å². The van der Waals surface area contributed by atoms with Gasteiger partial charge in [0.1, 0.15) is 18.2 Å². The number of anilines is 1. The molecule has 0 unspecified atom stereocenters. The number of carbonyl (C=O) groups excluding carboxylic acids is 1. The highest BCUT2D eigenvalue weighted by atomic mass is 16.5. The number of rotatable bonds is 6. The Hall–Kier alpha value is -2.56. The molecule has 5 nitrogen and oxygen atoms in total. The van der Waals surface area contributed by atoms with Crippen molar-refractivity contribution in [1.82, 2.24) is 10.3 Å². The van der Waals surface area contributed by atoms with Gasteiger partial charge in [-0.25, -0.2) is 4.98 Å². The Labute approximate surface area is 142 Å². The maximum atomic E-state index is 12.4. The van der Waals surface area contributed by atoms with E-state index in [0.717, 1.165) is 37.5 Å². The molecule has 1 aliphatic rings. The van der Waals surface area contributed by atoms with Crippen molar-refractivity contribution in [1.29, 1.82) is 0 Å². The van der Waals surface area contributed by atoms with Gasteiger partial charge < -0.3 is 15.0 Å². The number of ether oxygens (including phenoxy) is 1. The molecule has 0 bridgehead atoms. The van der Waals surface area contributed by atoms with Crippen molar-refractivity contribution in [3.8, 4) is 5.75 Å². The van der Waals surface area contributed by atoms with E-state index in [-0.39, 0.29) is 5.91 Å². The quantitative estimate of drug-likeness (QED) is 0.830. The minimum absolute atomic E-state index is 0.0995. The summed E-state index contributed by atoms with van der Waals surface area (Å²) in [6, 6.07) is 11.5. The van der Waals surface area contributed by atoms with Crippen molar-refractivity contribution in [3.63, 3.8) is 0 Å². The number of aryl methyl sites for hydroxylation is 1. The van der Waals surface area contributed by atoms with Crippen LogP contribution in [0.3, 0.4) is 0 Å². The summed E-state index contributed by atoms with van der Waals surface area (Å²) in [5, 5.41) is 2.91. The summed E-state index contributed by atoms with van der Waals surface area (Å²) in [5.41, 5.74) is 1.83. The zero-order valence-electron chi connectivity index (χ0n) is 14.0. The summed E-state index contributed by atoms with van der Waals surface area (Å²) in [6.07, 6.45) is 4.05. The van der Waals surface area contributed by atoms with Gasteiger partial charge >= 0.3 is 0 Å². The number of aromatic nitrogens is 1. The third-order valence-electron chi connectivity index (χ3n) is 4.11. The molecule has 3 rings (SSSR count). The average Bonchev–Trinajstić information content (AvgIpc) is 3.14. The molecule has 0 radical (unpaired) electrons. The maximum Gasteiger partial charge on any atom is 0.255 e. The molecular formula is C19H23N3O2. The second-order valence-electron chi connectivity index (χ2n) is 5.99. The summed E-state index contributed by atoms with van der Waals surface area (Å²) in [7, 11) is 0. The predicted octanol–water partition coefficient (Wildman–Crippen LogP) is 2.80. The number of hydrogen-bond acceptors (Lipinski definition) is 4. The lowest BCUT2D eigenvalue weighted by Gasteiger charge is -2.19. The highest BCUT2D eigenvalue weighted by Crippen LogP contribution is 2.21. The van der Waals surface area contributed by atoms with Gasteiger partial charge in [-0.3, -0.25) is 4.79 Å². The van der Waals surface area contributed by atoms with Crippen LogP contribution >= 0.6 is 0 Å². The Morgan fingerprint density at radius 3 is 2.71 bits per heavy atom. The molecule has 0 saturated carbocycles.